The first-order valence-corrected chi connectivity index (χ1v) is 11.9. The molecule has 3 aromatic carbocycles. The molecule has 1 N–H and O–H groups in total. The molecule has 0 saturated heterocycles. The van der Waals surface area contributed by atoms with Gasteiger partial charge in [0.15, 0.2) is 0 Å². The molecule has 0 atom stereocenters. The normalized spacial score (nSPS) is 11.5. The number of carbonyl (C=O) groups is 1. The van der Waals surface area contributed by atoms with Crippen LogP contribution in [0.5, 0.6) is 0 Å². The molecule has 1 amide bonds. The summed E-state index contributed by atoms with van der Waals surface area (Å²) in [6.45, 7) is 2.26. The number of rotatable bonds is 8. The monoisotopic (exact) mass is 460 g/mol. The Kier molecular flexibility index (Phi) is 6.72. The molecule has 0 aliphatic heterocycles. The molecule has 1 aromatic heterocycles. The van der Waals surface area contributed by atoms with Crippen LogP contribution in [0.4, 0.5) is 5.69 Å². The van der Waals surface area contributed by atoms with Crippen molar-refractivity contribution in [3.05, 3.63) is 120 Å². The second kappa shape index (κ2) is 9.85. The number of carbonyl (C=O) groups excluding carboxylic acids is 1. The fraction of sp³-hybridized carbons (Fsp3) is 0.115. The Morgan fingerprint density at radius 1 is 0.848 bits per heavy atom. The highest BCUT2D eigenvalue weighted by Crippen LogP contribution is 2.23. The molecule has 7 heteroatoms. The zero-order valence-corrected chi connectivity index (χ0v) is 19.0. The highest BCUT2D eigenvalue weighted by molar-refractivity contribution is 7.89. The number of benzene rings is 3. The molecule has 0 aliphatic rings. The highest BCUT2D eigenvalue weighted by Gasteiger charge is 2.26. The van der Waals surface area contributed by atoms with Gasteiger partial charge in [-0.05, 0) is 61.0 Å². The molecule has 0 radical (unpaired) electrons. The van der Waals surface area contributed by atoms with Crippen molar-refractivity contribution in [2.24, 2.45) is 0 Å². The molecular weight excluding hydrogens is 436 g/mol. The van der Waals surface area contributed by atoms with E-state index >= 15 is 0 Å². The summed E-state index contributed by atoms with van der Waals surface area (Å²) < 4.78 is 33.7. The van der Waals surface area contributed by atoms with Crippen molar-refractivity contribution in [2.75, 3.05) is 5.32 Å². The zero-order valence-electron chi connectivity index (χ0n) is 18.1. The summed E-state index contributed by atoms with van der Waals surface area (Å²) >= 11 is 0. The molecule has 0 unspecified atom stereocenters. The molecule has 0 fully saturated rings. The van der Waals surface area contributed by atoms with Gasteiger partial charge in [0.1, 0.15) is 5.76 Å². The smallest absolute Gasteiger partial charge is 0.255 e. The van der Waals surface area contributed by atoms with Gasteiger partial charge in [-0.2, -0.15) is 4.31 Å². The van der Waals surface area contributed by atoms with Gasteiger partial charge in [0.2, 0.25) is 10.0 Å². The topological polar surface area (TPSA) is 79.6 Å². The average Bonchev–Trinajstić information content (AvgIpc) is 3.33. The van der Waals surface area contributed by atoms with Crippen LogP contribution in [-0.2, 0) is 23.1 Å². The first-order chi connectivity index (χ1) is 15.9. The second-order valence-corrected chi connectivity index (χ2v) is 9.62. The van der Waals surface area contributed by atoms with Gasteiger partial charge in [0.25, 0.3) is 5.91 Å². The van der Waals surface area contributed by atoms with Gasteiger partial charge in [-0.15, -0.1) is 0 Å². The minimum absolute atomic E-state index is 0.107. The summed E-state index contributed by atoms with van der Waals surface area (Å²) in [5.41, 5.74) is 2.98. The number of sulfonamides is 1. The van der Waals surface area contributed by atoms with E-state index in [-0.39, 0.29) is 23.9 Å². The molecule has 0 spiro atoms. The number of nitrogens with zero attached hydrogens (tertiary/aromatic N) is 1. The maximum absolute atomic E-state index is 13.4. The summed E-state index contributed by atoms with van der Waals surface area (Å²) in [5, 5.41) is 2.80. The van der Waals surface area contributed by atoms with Crippen molar-refractivity contribution >= 4 is 21.6 Å². The minimum Gasteiger partial charge on any atom is -0.468 e. The first-order valence-electron chi connectivity index (χ1n) is 10.5. The van der Waals surface area contributed by atoms with E-state index in [1.165, 1.54) is 22.7 Å². The Morgan fingerprint density at radius 2 is 1.55 bits per heavy atom. The third-order valence-electron chi connectivity index (χ3n) is 5.18. The molecule has 0 bridgehead atoms. The van der Waals surface area contributed by atoms with Crippen LogP contribution in [0.1, 0.15) is 27.2 Å². The lowest BCUT2D eigenvalue weighted by molar-refractivity contribution is 0.102. The predicted molar refractivity (Wildman–Crippen MR) is 127 cm³/mol. The van der Waals surface area contributed by atoms with Crippen LogP contribution in [0.2, 0.25) is 0 Å². The Labute approximate surface area is 193 Å². The van der Waals surface area contributed by atoms with Crippen molar-refractivity contribution in [2.45, 2.75) is 24.9 Å². The minimum atomic E-state index is -3.82. The number of furan rings is 1. The zero-order chi connectivity index (χ0) is 23.3. The fourth-order valence-electron chi connectivity index (χ4n) is 3.36. The number of hydrogen-bond acceptors (Lipinski definition) is 4. The maximum Gasteiger partial charge on any atom is 0.255 e. The Morgan fingerprint density at radius 3 is 2.18 bits per heavy atom. The van der Waals surface area contributed by atoms with E-state index in [1.807, 2.05) is 49.4 Å². The Balaban J connectivity index is 1.54. The average molecular weight is 461 g/mol. The van der Waals surface area contributed by atoms with Crippen LogP contribution in [0.15, 0.2) is 107 Å². The lowest BCUT2D eigenvalue weighted by Crippen LogP contribution is -2.30. The van der Waals surface area contributed by atoms with E-state index in [9.17, 15) is 13.2 Å². The van der Waals surface area contributed by atoms with Crippen molar-refractivity contribution < 1.29 is 17.6 Å². The predicted octanol–water partition coefficient (Wildman–Crippen LogP) is 5.23. The lowest BCUT2D eigenvalue weighted by Gasteiger charge is -2.21. The number of nitrogens with one attached hydrogen (secondary N) is 1. The molecule has 0 saturated carbocycles. The molecule has 6 nitrogen and oxygen atoms in total. The van der Waals surface area contributed by atoms with E-state index in [0.29, 0.717) is 17.0 Å². The molecule has 4 rings (SSSR count). The molecule has 0 aliphatic carbocycles. The van der Waals surface area contributed by atoms with E-state index in [1.54, 1.807) is 36.4 Å². The van der Waals surface area contributed by atoms with Crippen LogP contribution in [0.25, 0.3) is 0 Å². The number of amides is 1. The fourth-order valence-corrected chi connectivity index (χ4v) is 4.75. The van der Waals surface area contributed by atoms with Gasteiger partial charge in [-0.25, -0.2) is 8.42 Å². The van der Waals surface area contributed by atoms with Gasteiger partial charge in [0, 0.05) is 17.8 Å². The molecule has 4 aromatic rings. The molecular formula is C26H24N2O4S. The van der Waals surface area contributed by atoms with E-state index < -0.39 is 10.0 Å². The molecule has 33 heavy (non-hydrogen) atoms. The van der Waals surface area contributed by atoms with Crippen molar-refractivity contribution in [3.63, 3.8) is 0 Å². The maximum atomic E-state index is 13.4. The largest absolute Gasteiger partial charge is 0.468 e. The summed E-state index contributed by atoms with van der Waals surface area (Å²) in [6, 6.07) is 26.3. The standard InChI is InChI=1S/C26H24N2O4S/c1-20-9-11-22(12-10-20)26(29)27-23-13-15-25(16-14-23)33(30,31)28(19-24-8-5-17-32-24)18-21-6-3-2-4-7-21/h2-17H,18-19H2,1H3,(H,27,29). The second-order valence-electron chi connectivity index (χ2n) is 7.68. The molecule has 1 heterocycles. The quantitative estimate of drug-likeness (QED) is 0.390. The van der Waals surface area contributed by atoms with E-state index in [4.69, 9.17) is 4.42 Å². The Hall–Kier alpha value is -3.68. The SMILES string of the molecule is Cc1ccc(C(=O)Nc2ccc(S(=O)(=O)N(Cc3ccccc3)Cc3ccco3)cc2)cc1. The van der Waals surface area contributed by atoms with Crippen LogP contribution >= 0.6 is 0 Å². The number of aryl methyl sites for hydroxylation is 1. The number of hydrogen-bond donors (Lipinski definition) is 1. The van der Waals surface area contributed by atoms with Crippen molar-refractivity contribution in [1.82, 2.24) is 4.31 Å². The summed E-state index contributed by atoms with van der Waals surface area (Å²) in [4.78, 5) is 12.6. The van der Waals surface area contributed by atoms with Crippen LogP contribution in [0.3, 0.4) is 0 Å². The third kappa shape index (κ3) is 5.58. The van der Waals surface area contributed by atoms with Gasteiger partial charge < -0.3 is 9.73 Å². The summed E-state index contributed by atoms with van der Waals surface area (Å²) in [7, 11) is -3.82. The van der Waals surface area contributed by atoms with Gasteiger partial charge in [0.05, 0.1) is 17.7 Å². The lowest BCUT2D eigenvalue weighted by atomic mass is 10.1. The van der Waals surface area contributed by atoms with Gasteiger partial charge in [-0.1, -0.05) is 48.0 Å². The summed E-state index contributed by atoms with van der Waals surface area (Å²) in [5.74, 6) is 0.297. The van der Waals surface area contributed by atoms with Crippen molar-refractivity contribution in [1.29, 1.82) is 0 Å². The van der Waals surface area contributed by atoms with E-state index in [0.717, 1.165) is 11.1 Å². The Bertz CT molecular complexity index is 1300. The van der Waals surface area contributed by atoms with Crippen molar-refractivity contribution in [3.8, 4) is 0 Å². The first kappa shape index (κ1) is 22.5. The van der Waals surface area contributed by atoms with E-state index in [2.05, 4.69) is 5.32 Å². The van der Waals surface area contributed by atoms with Crippen LogP contribution < -0.4 is 5.32 Å². The highest BCUT2D eigenvalue weighted by atomic mass is 32.2. The van der Waals surface area contributed by atoms with Crippen LogP contribution in [0, 0.1) is 6.92 Å². The van der Waals surface area contributed by atoms with Crippen LogP contribution in [-0.4, -0.2) is 18.6 Å². The van der Waals surface area contributed by atoms with Gasteiger partial charge in [-0.3, -0.25) is 4.79 Å². The number of anilines is 1. The van der Waals surface area contributed by atoms with Gasteiger partial charge >= 0.3 is 0 Å². The molecule has 168 valence electrons. The summed E-state index contributed by atoms with van der Waals surface area (Å²) in [6.07, 6.45) is 1.52. The third-order valence-corrected chi connectivity index (χ3v) is 6.98.